The van der Waals surface area contributed by atoms with E-state index >= 15 is 0 Å². The highest BCUT2D eigenvalue weighted by Crippen LogP contribution is 2.37. The Hall–Kier alpha value is -0.910. The third-order valence-corrected chi connectivity index (χ3v) is 5.47. The van der Waals surface area contributed by atoms with Crippen molar-refractivity contribution < 1.29 is 14.6 Å². The van der Waals surface area contributed by atoms with Crippen LogP contribution in [0.15, 0.2) is 18.2 Å². The Kier molecular flexibility index (Phi) is 5.79. The molecule has 2 atom stereocenters. The number of methoxy groups -OCH3 is 2. The topological polar surface area (TPSA) is 50.7 Å². The van der Waals surface area contributed by atoms with E-state index in [4.69, 9.17) is 9.47 Å². The minimum absolute atomic E-state index is 0.304. The Morgan fingerprint density at radius 2 is 2.19 bits per heavy atom. The van der Waals surface area contributed by atoms with E-state index in [0.29, 0.717) is 17.0 Å². The van der Waals surface area contributed by atoms with E-state index in [9.17, 15) is 5.11 Å². The first-order valence-corrected chi connectivity index (χ1v) is 8.31. The molecule has 0 aromatic heterocycles. The van der Waals surface area contributed by atoms with E-state index in [2.05, 4.69) is 12.2 Å². The first kappa shape index (κ1) is 16.5. The van der Waals surface area contributed by atoms with Gasteiger partial charge in [-0.15, -0.1) is 0 Å². The van der Waals surface area contributed by atoms with Gasteiger partial charge in [-0.05, 0) is 43.7 Å². The van der Waals surface area contributed by atoms with Crippen LogP contribution in [0.5, 0.6) is 11.5 Å². The van der Waals surface area contributed by atoms with Crippen molar-refractivity contribution in [2.45, 2.75) is 30.6 Å². The largest absolute Gasteiger partial charge is 0.497 e. The van der Waals surface area contributed by atoms with Gasteiger partial charge in [0.25, 0.3) is 0 Å². The lowest BCUT2D eigenvalue weighted by Gasteiger charge is -2.24. The summed E-state index contributed by atoms with van der Waals surface area (Å²) < 4.78 is 10.8. The molecule has 0 aliphatic carbocycles. The van der Waals surface area contributed by atoms with Gasteiger partial charge in [-0.3, -0.25) is 0 Å². The normalized spacial score (nSPS) is 23.0. The number of rotatable bonds is 7. The first-order valence-electron chi connectivity index (χ1n) is 7.32. The van der Waals surface area contributed by atoms with E-state index in [-0.39, 0.29) is 0 Å². The molecule has 2 rings (SSSR count). The van der Waals surface area contributed by atoms with Crippen LogP contribution in [0.2, 0.25) is 0 Å². The molecule has 5 heteroatoms. The Bertz CT molecular complexity index is 461. The standard InChI is InChI=1S/C16H25NO3S/c1-16(7-4-8-21-16)11-17-10-14(18)13-9-12(19-2)5-6-15(13)20-3/h5-6,9,14,17-18H,4,7-8,10-11H2,1-3H3. The third-order valence-electron chi connectivity index (χ3n) is 3.93. The van der Waals surface area contributed by atoms with E-state index in [1.807, 2.05) is 30.0 Å². The van der Waals surface area contributed by atoms with Crippen LogP contribution in [-0.2, 0) is 0 Å². The highest BCUT2D eigenvalue weighted by atomic mass is 32.2. The van der Waals surface area contributed by atoms with E-state index in [0.717, 1.165) is 17.9 Å². The number of ether oxygens (including phenoxy) is 2. The Morgan fingerprint density at radius 3 is 2.81 bits per heavy atom. The van der Waals surface area contributed by atoms with Gasteiger partial charge in [0.05, 0.1) is 20.3 Å². The van der Waals surface area contributed by atoms with Gasteiger partial charge in [-0.2, -0.15) is 11.8 Å². The summed E-state index contributed by atoms with van der Waals surface area (Å²) in [6.07, 6.45) is 1.92. The van der Waals surface area contributed by atoms with Gasteiger partial charge in [0.15, 0.2) is 0 Å². The molecule has 0 bridgehead atoms. The number of hydrogen-bond acceptors (Lipinski definition) is 5. The fourth-order valence-corrected chi connectivity index (χ4v) is 3.93. The van der Waals surface area contributed by atoms with Crippen LogP contribution in [-0.4, -0.2) is 42.9 Å². The van der Waals surface area contributed by atoms with E-state index < -0.39 is 6.10 Å². The molecule has 0 spiro atoms. The molecule has 0 amide bonds. The lowest BCUT2D eigenvalue weighted by Crippen LogP contribution is -2.35. The predicted molar refractivity (Wildman–Crippen MR) is 87.5 cm³/mol. The van der Waals surface area contributed by atoms with Crippen molar-refractivity contribution >= 4 is 11.8 Å². The maximum atomic E-state index is 10.4. The monoisotopic (exact) mass is 311 g/mol. The van der Waals surface area contributed by atoms with Gasteiger partial charge in [-0.25, -0.2) is 0 Å². The summed E-state index contributed by atoms with van der Waals surface area (Å²) in [7, 11) is 3.23. The lowest BCUT2D eigenvalue weighted by molar-refractivity contribution is 0.169. The van der Waals surface area contributed by atoms with E-state index in [1.54, 1.807) is 14.2 Å². The summed E-state index contributed by atoms with van der Waals surface area (Å²) in [4.78, 5) is 0. The summed E-state index contributed by atoms with van der Waals surface area (Å²) in [6.45, 7) is 3.72. The van der Waals surface area contributed by atoms with Gasteiger partial charge >= 0.3 is 0 Å². The van der Waals surface area contributed by atoms with Crippen molar-refractivity contribution in [3.8, 4) is 11.5 Å². The molecule has 118 valence electrons. The highest BCUT2D eigenvalue weighted by molar-refractivity contribution is 8.00. The lowest BCUT2D eigenvalue weighted by atomic mass is 10.0. The Morgan fingerprint density at radius 1 is 1.38 bits per heavy atom. The first-order chi connectivity index (χ1) is 10.1. The maximum absolute atomic E-state index is 10.4. The van der Waals surface area contributed by atoms with Gasteiger partial charge in [-0.1, -0.05) is 0 Å². The van der Waals surface area contributed by atoms with E-state index in [1.165, 1.54) is 18.6 Å². The van der Waals surface area contributed by atoms with Crippen molar-refractivity contribution in [1.82, 2.24) is 5.32 Å². The SMILES string of the molecule is COc1ccc(OC)c(C(O)CNCC2(C)CCCS2)c1. The molecule has 0 saturated carbocycles. The number of thioether (sulfide) groups is 1. The third kappa shape index (κ3) is 4.28. The van der Waals surface area contributed by atoms with Crippen LogP contribution in [0.1, 0.15) is 31.4 Å². The van der Waals surface area contributed by atoms with Crippen molar-refractivity contribution in [1.29, 1.82) is 0 Å². The van der Waals surface area contributed by atoms with Crippen LogP contribution < -0.4 is 14.8 Å². The zero-order chi connectivity index (χ0) is 15.3. The Labute approximate surface area is 131 Å². The summed E-state index contributed by atoms with van der Waals surface area (Å²) in [5, 5.41) is 13.8. The van der Waals surface area contributed by atoms with Crippen LogP contribution in [0.3, 0.4) is 0 Å². The molecule has 1 aromatic carbocycles. The molecule has 1 fully saturated rings. The average molecular weight is 311 g/mol. The molecule has 21 heavy (non-hydrogen) atoms. The number of benzene rings is 1. The summed E-state index contributed by atoms with van der Waals surface area (Å²) >= 11 is 2.02. The molecule has 2 N–H and O–H groups in total. The minimum Gasteiger partial charge on any atom is -0.497 e. The quantitative estimate of drug-likeness (QED) is 0.811. The molecular formula is C16H25NO3S. The van der Waals surface area contributed by atoms with Crippen molar-refractivity contribution in [3.63, 3.8) is 0 Å². The van der Waals surface area contributed by atoms with Crippen LogP contribution >= 0.6 is 11.8 Å². The second kappa shape index (κ2) is 7.38. The minimum atomic E-state index is -0.606. The van der Waals surface area contributed by atoms with Crippen molar-refractivity contribution in [2.24, 2.45) is 0 Å². The molecule has 0 radical (unpaired) electrons. The molecule has 1 saturated heterocycles. The zero-order valence-electron chi connectivity index (χ0n) is 13.0. The van der Waals surface area contributed by atoms with Crippen LogP contribution in [0.4, 0.5) is 0 Å². The Balaban J connectivity index is 1.94. The summed E-state index contributed by atoms with van der Waals surface area (Å²) in [6, 6.07) is 5.49. The molecule has 1 aliphatic heterocycles. The highest BCUT2D eigenvalue weighted by Gasteiger charge is 2.29. The number of nitrogens with one attached hydrogen (secondary N) is 1. The van der Waals surface area contributed by atoms with Gasteiger partial charge in [0.2, 0.25) is 0 Å². The molecular weight excluding hydrogens is 286 g/mol. The van der Waals surface area contributed by atoms with Crippen LogP contribution in [0, 0.1) is 0 Å². The molecule has 1 heterocycles. The molecule has 4 nitrogen and oxygen atoms in total. The summed E-state index contributed by atoms with van der Waals surface area (Å²) in [5.41, 5.74) is 0.758. The predicted octanol–water partition coefficient (Wildman–Crippen LogP) is 2.61. The second-order valence-electron chi connectivity index (χ2n) is 5.66. The maximum Gasteiger partial charge on any atom is 0.124 e. The van der Waals surface area contributed by atoms with Gasteiger partial charge in [0, 0.05) is 23.4 Å². The molecule has 1 aromatic rings. The van der Waals surface area contributed by atoms with Gasteiger partial charge in [0.1, 0.15) is 11.5 Å². The zero-order valence-corrected chi connectivity index (χ0v) is 13.8. The fraction of sp³-hybridized carbons (Fsp3) is 0.625. The number of aliphatic hydroxyl groups is 1. The molecule has 2 unspecified atom stereocenters. The fourth-order valence-electron chi connectivity index (χ4n) is 2.66. The average Bonchev–Trinajstić information content (AvgIpc) is 2.93. The van der Waals surface area contributed by atoms with Crippen molar-refractivity contribution in [2.75, 3.05) is 33.1 Å². The number of aliphatic hydroxyl groups excluding tert-OH is 1. The van der Waals surface area contributed by atoms with Gasteiger partial charge < -0.3 is 19.9 Å². The summed E-state index contributed by atoms with van der Waals surface area (Å²) in [5.74, 6) is 2.65. The number of hydrogen-bond donors (Lipinski definition) is 2. The second-order valence-corrected chi connectivity index (χ2v) is 7.34. The van der Waals surface area contributed by atoms with Crippen LogP contribution in [0.25, 0.3) is 0 Å². The van der Waals surface area contributed by atoms with Crippen molar-refractivity contribution in [3.05, 3.63) is 23.8 Å². The smallest absolute Gasteiger partial charge is 0.124 e. The molecule has 1 aliphatic rings.